The molecule has 31 heavy (non-hydrogen) atoms. The molecule has 0 spiro atoms. The van der Waals surface area contributed by atoms with Gasteiger partial charge in [-0.2, -0.15) is 13.2 Å². The van der Waals surface area contributed by atoms with Crippen LogP contribution in [0.2, 0.25) is 5.02 Å². The molecule has 0 saturated carbocycles. The molecule has 166 valence electrons. The molecule has 2 rings (SSSR count). The number of hydrogen-bond donors (Lipinski definition) is 2. The Balaban J connectivity index is 1.93. The number of benzene rings is 1. The van der Waals surface area contributed by atoms with E-state index >= 15 is 0 Å². The summed E-state index contributed by atoms with van der Waals surface area (Å²) >= 11 is 5.67. The molecule has 0 aliphatic heterocycles. The molecule has 0 fully saturated rings. The lowest BCUT2D eigenvalue weighted by Gasteiger charge is -2.09. The van der Waals surface area contributed by atoms with Gasteiger partial charge in [-0.3, -0.25) is 14.9 Å². The molecule has 0 aliphatic rings. The Morgan fingerprint density at radius 2 is 1.97 bits per heavy atom. The van der Waals surface area contributed by atoms with Gasteiger partial charge >= 0.3 is 6.18 Å². The maximum Gasteiger partial charge on any atom is 0.417 e. The smallest absolute Gasteiger partial charge is 0.417 e. The largest absolute Gasteiger partial charge is 0.472 e. The van der Waals surface area contributed by atoms with Crippen molar-refractivity contribution in [1.82, 2.24) is 10.3 Å². The van der Waals surface area contributed by atoms with E-state index in [1.165, 1.54) is 12.2 Å². The molecule has 1 aromatic heterocycles. The first kappa shape index (κ1) is 23.8. The van der Waals surface area contributed by atoms with Gasteiger partial charge in [-0.1, -0.05) is 17.7 Å². The number of nitrogens with two attached hydrogens (primary N) is 1. The van der Waals surface area contributed by atoms with Gasteiger partial charge in [0.15, 0.2) is 11.6 Å². The number of amides is 1. The second kappa shape index (κ2) is 9.55. The zero-order valence-corrected chi connectivity index (χ0v) is 15.9. The number of nitrogens with one attached hydrogen (secondary N) is 1. The van der Waals surface area contributed by atoms with E-state index in [4.69, 9.17) is 22.1 Å². The number of carbonyl (C=O) groups is 1. The zero-order valence-electron chi connectivity index (χ0n) is 15.2. The molecule has 0 saturated heterocycles. The summed E-state index contributed by atoms with van der Waals surface area (Å²) in [6.45, 7) is -0.403. The molecule has 0 bridgehead atoms. The van der Waals surface area contributed by atoms with Crippen molar-refractivity contribution in [2.24, 2.45) is 0 Å². The lowest BCUT2D eigenvalue weighted by Crippen LogP contribution is -2.25. The molecule has 0 radical (unpaired) electrons. The fourth-order valence-corrected chi connectivity index (χ4v) is 2.38. The maximum absolute atomic E-state index is 13.8. The first-order chi connectivity index (χ1) is 14.4. The highest BCUT2D eigenvalue weighted by molar-refractivity contribution is 6.31. The average Bonchev–Trinajstić information content (AvgIpc) is 2.68. The Hall–Kier alpha value is -3.48. The van der Waals surface area contributed by atoms with Crippen LogP contribution in [-0.2, 0) is 6.18 Å². The van der Waals surface area contributed by atoms with Gasteiger partial charge in [-0.25, -0.2) is 13.8 Å². The van der Waals surface area contributed by atoms with Crippen LogP contribution in [0.5, 0.6) is 5.88 Å². The summed E-state index contributed by atoms with van der Waals surface area (Å²) in [6, 6.07) is 1.15. The fourth-order valence-electron chi connectivity index (χ4n) is 2.15. The summed E-state index contributed by atoms with van der Waals surface area (Å²) < 4.78 is 70.2. The Morgan fingerprint density at radius 1 is 1.29 bits per heavy atom. The topological polar surface area (TPSA) is 120 Å². The Kier molecular flexibility index (Phi) is 7.33. The van der Waals surface area contributed by atoms with Gasteiger partial charge in [-0.05, 0) is 12.1 Å². The summed E-state index contributed by atoms with van der Waals surface area (Å²) in [5.41, 5.74) is 1.15. The molecule has 8 nitrogen and oxygen atoms in total. The number of nitro groups is 1. The normalized spacial score (nSPS) is 11.5. The maximum atomic E-state index is 13.8. The number of rotatable bonds is 7. The number of nitrogen functional groups attached to an aromatic ring is 1. The van der Waals surface area contributed by atoms with E-state index in [0.29, 0.717) is 18.3 Å². The van der Waals surface area contributed by atoms with Crippen LogP contribution in [0.15, 0.2) is 30.5 Å². The highest BCUT2D eigenvalue weighted by Crippen LogP contribution is 2.33. The van der Waals surface area contributed by atoms with Crippen molar-refractivity contribution in [3.8, 4) is 5.88 Å². The molecule has 0 aliphatic carbocycles. The third kappa shape index (κ3) is 5.78. The van der Waals surface area contributed by atoms with Gasteiger partial charge in [0, 0.05) is 18.8 Å². The minimum atomic E-state index is -4.61. The summed E-state index contributed by atoms with van der Waals surface area (Å²) in [6.07, 6.45) is -1.42. The molecule has 0 unspecified atom stereocenters. The van der Waals surface area contributed by atoms with Crippen molar-refractivity contribution in [3.63, 3.8) is 0 Å². The van der Waals surface area contributed by atoms with Crippen molar-refractivity contribution in [2.75, 3.05) is 18.9 Å². The molecule has 3 N–H and O–H groups in total. The Labute approximate surface area is 175 Å². The zero-order chi connectivity index (χ0) is 23.3. The van der Waals surface area contributed by atoms with Crippen LogP contribution in [0.1, 0.15) is 15.9 Å². The van der Waals surface area contributed by atoms with Crippen LogP contribution in [0.25, 0.3) is 0 Å². The molecule has 1 amide bonds. The predicted octanol–water partition coefficient (Wildman–Crippen LogP) is 3.89. The number of anilines is 1. The second-order valence-electron chi connectivity index (χ2n) is 5.74. The van der Waals surface area contributed by atoms with E-state index in [2.05, 4.69) is 10.3 Å². The third-order valence-electron chi connectivity index (χ3n) is 3.66. The lowest BCUT2D eigenvalue weighted by molar-refractivity contribution is -0.384. The number of hydrogen-bond acceptors (Lipinski definition) is 6. The first-order valence-electron chi connectivity index (χ1n) is 8.14. The summed E-state index contributed by atoms with van der Waals surface area (Å²) in [5, 5.41) is 12.6. The van der Waals surface area contributed by atoms with Gasteiger partial charge in [-0.15, -0.1) is 0 Å². The van der Waals surface area contributed by atoms with Gasteiger partial charge in [0.05, 0.1) is 16.1 Å². The van der Waals surface area contributed by atoms with E-state index in [1.54, 1.807) is 0 Å². The van der Waals surface area contributed by atoms with Gasteiger partial charge in [0.25, 0.3) is 11.6 Å². The lowest BCUT2D eigenvalue weighted by atomic mass is 10.1. The number of ether oxygens (including phenoxy) is 1. The summed E-state index contributed by atoms with van der Waals surface area (Å²) in [7, 11) is 0. The molecule has 1 heterocycles. The van der Waals surface area contributed by atoms with Gasteiger partial charge < -0.3 is 15.8 Å². The minimum Gasteiger partial charge on any atom is -0.472 e. The quantitative estimate of drug-likeness (QED) is 0.210. The van der Waals surface area contributed by atoms with Crippen LogP contribution >= 0.6 is 11.6 Å². The number of aromatic nitrogens is 1. The van der Waals surface area contributed by atoms with E-state index < -0.39 is 51.1 Å². The van der Waals surface area contributed by atoms with Crippen LogP contribution < -0.4 is 15.8 Å². The Bertz CT molecular complexity index is 1050. The monoisotopic (exact) mass is 466 g/mol. The summed E-state index contributed by atoms with van der Waals surface area (Å²) in [5.74, 6) is -4.76. The second-order valence-corrected chi connectivity index (χ2v) is 6.15. The standard InChI is InChI=1S/C17H12ClF5N4O4/c18-10-5-8(17(21,22)23)7-26-16(10)31-4-2-1-3-25-15(28)9-6-11(27(29)30)14(24)13(20)12(9)19/h1-2,5-7H,3-4,24H2,(H,25,28)/b2-1-. The van der Waals surface area contributed by atoms with Crippen molar-refractivity contribution in [2.45, 2.75) is 6.18 Å². The van der Waals surface area contributed by atoms with Crippen LogP contribution in [0.3, 0.4) is 0 Å². The van der Waals surface area contributed by atoms with E-state index in [9.17, 15) is 36.9 Å². The van der Waals surface area contributed by atoms with Gasteiger partial charge in [0.1, 0.15) is 17.3 Å². The SMILES string of the molecule is Nc1c([N+](=O)[O-])cc(C(=O)NC/C=C\COc2ncc(C(F)(F)F)cc2Cl)c(F)c1F. The molecular formula is C17H12ClF5N4O4. The van der Waals surface area contributed by atoms with Crippen molar-refractivity contribution in [1.29, 1.82) is 0 Å². The van der Waals surface area contributed by atoms with E-state index in [0.717, 1.165) is 0 Å². The molecule has 0 atom stereocenters. The molecular weight excluding hydrogens is 455 g/mol. The highest BCUT2D eigenvalue weighted by Gasteiger charge is 2.31. The van der Waals surface area contributed by atoms with Crippen LogP contribution in [0, 0.1) is 21.7 Å². The van der Waals surface area contributed by atoms with Crippen molar-refractivity contribution >= 4 is 28.9 Å². The molecule has 1 aromatic carbocycles. The van der Waals surface area contributed by atoms with Crippen LogP contribution in [0.4, 0.5) is 33.3 Å². The third-order valence-corrected chi connectivity index (χ3v) is 3.93. The fraction of sp³-hybridized carbons (Fsp3) is 0.176. The first-order valence-corrected chi connectivity index (χ1v) is 8.51. The van der Waals surface area contributed by atoms with Crippen molar-refractivity contribution in [3.05, 3.63) is 68.4 Å². The van der Waals surface area contributed by atoms with Gasteiger partial charge in [0.2, 0.25) is 5.88 Å². The van der Waals surface area contributed by atoms with E-state index in [1.807, 2.05) is 0 Å². The number of pyridine rings is 1. The van der Waals surface area contributed by atoms with Crippen LogP contribution in [-0.4, -0.2) is 29.0 Å². The minimum absolute atomic E-state index is 0.190. The van der Waals surface area contributed by atoms with E-state index in [-0.39, 0.29) is 24.1 Å². The number of nitro benzene ring substituents is 1. The number of nitrogens with zero attached hydrogens (tertiary/aromatic N) is 2. The average molecular weight is 467 g/mol. The Morgan fingerprint density at radius 3 is 2.55 bits per heavy atom. The van der Waals surface area contributed by atoms with Crippen molar-refractivity contribution < 1.29 is 36.4 Å². The molecule has 14 heteroatoms. The molecule has 2 aromatic rings. The summed E-state index contributed by atoms with van der Waals surface area (Å²) in [4.78, 5) is 25.2. The highest BCUT2D eigenvalue weighted by atomic mass is 35.5. The number of carbonyl (C=O) groups excluding carboxylic acids is 1. The number of alkyl halides is 3. The number of halogens is 6. The predicted molar refractivity (Wildman–Crippen MR) is 98.6 cm³/mol.